The monoisotopic (exact) mass is 431 g/mol. The smallest absolute Gasteiger partial charge is 0.226 e. The SMILES string of the molecule is CC(CC(C)(C)O)Nc1nc(NCc2cc(Cl)ccc2N)c2ncn(C(C)C)c2n1. The predicted octanol–water partition coefficient (Wildman–Crippen LogP) is 4.22. The zero-order valence-electron chi connectivity index (χ0n) is 18.1. The van der Waals surface area contributed by atoms with E-state index in [0.717, 1.165) is 11.2 Å². The number of halogens is 1. The average Bonchev–Trinajstić information content (AvgIpc) is 3.04. The van der Waals surface area contributed by atoms with Crippen molar-refractivity contribution in [2.75, 3.05) is 16.4 Å². The Hall–Kier alpha value is -2.58. The Bertz CT molecular complexity index is 1030. The fourth-order valence-electron chi connectivity index (χ4n) is 3.41. The maximum absolute atomic E-state index is 10.1. The molecule has 0 aliphatic carbocycles. The molecule has 3 rings (SSSR count). The van der Waals surface area contributed by atoms with E-state index >= 15 is 0 Å². The molecule has 5 N–H and O–H groups in total. The topological polar surface area (TPSA) is 114 Å². The van der Waals surface area contributed by atoms with E-state index in [1.165, 1.54) is 0 Å². The number of imidazole rings is 1. The molecule has 0 fully saturated rings. The Morgan fingerprint density at radius 1 is 1.23 bits per heavy atom. The van der Waals surface area contributed by atoms with Crippen LogP contribution in [0.4, 0.5) is 17.5 Å². The van der Waals surface area contributed by atoms with Gasteiger partial charge in [0.05, 0.1) is 11.9 Å². The van der Waals surface area contributed by atoms with Crippen molar-refractivity contribution in [3.05, 3.63) is 35.1 Å². The van der Waals surface area contributed by atoms with E-state index in [1.54, 1.807) is 32.3 Å². The first-order valence-corrected chi connectivity index (χ1v) is 10.4. The Morgan fingerprint density at radius 3 is 2.63 bits per heavy atom. The summed E-state index contributed by atoms with van der Waals surface area (Å²) in [6.45, 7) is 10.2. The van der Waals surface area contributed by atoms with Crippen LogP contribution in [0.3, 0.4) is 0 Å². The van der Waals surface area contributed by atoms with Gasteiger partial charge in [-0.2, -0.15) is 9.97 Å². The van der Waals surface area contributed by atoms with Gasteiger partial charge in [0.25, 0.3) is 0 Å². The Balaban J connectivity index is 1.94. The lowest BCUT2D eigenvalue weighted by Gasteiger charge is -2.23. The standard InChI is InChI=1S/C21H30ClN7O/c1-12(2)29-11-25-17-18(24-10-14-8-15(22)6-7-16(14)23)27-20(28-19(17)29)26-13(3)9-21(4,5)30/h6-8,11-13,30H,9-10,23H2,1-5H3,(H2,24,26,27,28). The molecule has 0 aliphatic heterocycles. The van der Waals surface area contributed by atoms with E-state index in [0.29, 0.717) is 41.0 Å². The highest BCUT2D eigenvalue weighted by atomic mass is 35.5. The number of hydrogen-bond donors (Lipinski definition) is 4. The van der Waals surface area contributed by atoms with Crippen molar-refractivity contribution in [2.24, 2.45) is 0 Å². The molecule has 2 heterocycles. The van der Waals surface area contributed by atoms with E-state index in [2.05, 4.69) is 39.4 Å². The first-order valence-electron chi connectivity index (χ1n) is 10.0. The molecule has 30 heavy (non-hydrogen) atoms. The molecule has 1 atom stereocenters. The summed E-state index contributed by atoms with van der Waals surface area (Å²) in [5, 5.41) is 17.4. The molecule has 0 bridgehead atoms. The number of nitrogens with zero attached hydrogens (tertiary/aromatic N) is 4. The van der Waals surface area contributed by atoms with Gasteiger partial charge in [0, 0.05) is 29.3 Å². The van der Waals surface area contributed by atoms with Gasteiger partial charge < -0.3 is 26.0 Å². The van der Waals surface area contributed by atoms with Crippen molar-refractivity contribution in [1.82, 2.24) is 19.5 Å². The lowest BCUT2D eigenvalue weighted by atomic mass is 10.0. The minimum atomic E-state index is -0.790. The first kappa shape index (κ1) is 22.1. The number of nitrogen functional groups attached to an aromatic ring is 1. The van der Waals surface area contributed by atoms with Crippen LogP contribution in [0.1, 0.15) is 52.6 Å². The minimum Gasteiger partial charge on any atom is -0.398 e. The molecule has 2 aromatic heterocycles. The number of hydrogen-bond acceptors (Lipinski definition) is 7. The second-order valence-electron chi connectivity index (χ2n) is 8.57. The third-order valence-corrected chi connectivity index (χ3v) is 4.95. The van der Waals surface area contributed by atoms with E-state index in [4.69, 9.17) is 17.3 Å². The first-order chi connectivity index (χ1) is 14.0. The third kappa shape index (κ3) is 5.31. The summed E-state index contributed by atoms with van der Waals surface area (Å²) >= 11 is 6.11. The summed E-state index contributed by atoms with van der Waals surface area (Å²) in [5.74, 6) is 1.08. The van der Waals surface area contributed by atoms with Crippen LogP contribution in [0.5, 0.6) is 0 Å². The van der Waals surface area contributed by atoms with Crippen LogP contribution in [-0.2, 0) is 6.54 Å². The number of nitrogens with one attached hydrogen (secondary N) is 2. The van der Waals surface area contributed by atoms with Crippen molar-refractivity contribution < 1.29 is 5.11 Å². The van der Waals surface area contributed by atoms with Gasteiger partial charge in [-0.25, -0.2) is 4.98 Å². The average molecular weight is 432 g/mol. The summed E-state index contributed by atoms with van der Waals surface area (Å²) in [5.41, 5.74) is 8.24. The van der Waals surface area contributed by atoms with Crippen molar-refractivity contribution >= 4 is 40.2 Å². The van der Waals surface area contributed by atoms with Crippen molar-refractivity contribution in [3.8, 4) is 0 Å². The zero-order chi connectivity index (χ0) is 22.1. The second-order valence-corrected chi connectivity index (χ2v) is 9.01. The number of benzene rings is 1. The molecule has 0 saturated carbocycles. The Kier molecular flexibility index (Phi) is 6.38. The van der Waals surface area contributed by atoms with Gasteiger partial charge in [0.1, 0.15) is 0 Å². The van der Waals surface area contributed by atoms with E-state index in [9.17, 15) is 5.11 Å². The number of rotatable bonds is 8. The number of nitrogens with two attached hydrogens (primary N) is 1. The summed E-state index contributed by atoms with van der Waals surface area (Å²) in [6, 6.07) is 5.56. The highest BCUT2D eigenvalue weighted by Gasteiger charge is 2.20. The molecular weight excluding hydrogens is 402 g/mol. The third-order valence-electron chi connectivity index (χ3n) is 4.71. The van der Waals surface area contributed by atoms with Crippen LogP contribution in [-0.4, -0.2) is 36.3 Å². The molecule has 1 aromatic carbocycles. The molecule has 0 amide bonds. The fourth-order valence-corrected chi connectivity index (χ4v) is 3.60. The molecule has 8 nitrogen and oxygen atoms in total. The number of fused-ring (bicyclic) bond motifs is 1. The van der Waals surface area contributed by atoms with Gasteiger partial charge in [-0.3, -0.25) is 0 Å². The minimum absolute atomic E-state index is 0.0192. The second kappa shape index (κ2) is 8.65. The van der Waals surface area contributed by atoms with Gasteiger partial charge in [0.2, 0.25) is 5.95 Å². The van der Waals surface area contributed by atoms with Gasteiger partial charge >= 0.3 is 0 Å². The van der Waals surface area contributed by atoms with Gasteiger partial charge in [-0.05, 0) is 64.8 Å². The maximum Gasteiger partial charge on any atom is 0.226 e. The highest BCUT2D eigenvalue weighted by molar-refractivity contribution is 6.30. The van der Waals surface area contributed by atoms with Crippen molar-refractivity contribution in [3.63, 3.8) is 0 Å². The molecule has 162 valence electrons. The quantitative estimate of drug-likeness (QED) is 0.395. The van der Waals surface area contributed by atoms with Crippen LogP contribution in [0.15, 0.2) is 24.5 Å². The number of aliphatic hydroxyl groups is 1. The van der Waals surface area contributed by atoms with Crippen molar-refractivity contribution in [2.45, 2.75) is 65.3 Å². The molecule has 0 saturated heterocycles. The Morgan fingerprint density at radius 2 is 1.97 bits per heavy atom. The molecule has 0 aliphatic rings. The number of anilines is 3. The van der Waals surface area contributed by atoms with Crippen LogP contribution in [0, 0.1) is 0 Å². The van der Waals surface area contributed by atoms with Crippen molar-refractivity contribution in [1.29, 1.82) is 0 Å². The maximum atomic E-state index is 10.1. The van der Waals surface area contributed by atoms with Gasteiger partial charge in [-0.1, -0.05) is 11.6 Å². The largest absolute Gasteiger partial charge is 0.398 e. The van der Waals surface area contributed by atoms with Crippen LogP contribution >= 0.6 is 11.6 Å². The summed E-state index contributed by atoms with van der Waals surface area (Å²) in [4.78, 5) is 13.9. The van der Waals surface area contributed by atoms with Crippen LogP contribution in [0.2, 0.25) is 5.02 Å². The molecule has 0 radical (unpaired) electrons. The molecule has 0 spiro atoms. The highest BCUT2D eigenvalue weighted by Crippen LogP contribution is 2.26. The normalized spacial score (nSPS) is 13.1. The predicted molar refractivity (Wildman–Crippen MR) is 123 cm³/mol. The zero-order valence-corrected chi connectivity index (χ0v) is 18.8. The lowest BCUT2D eigenvalue weighted by molar-refractivity contribution is 0.0672. The van der Waals surface area contributed by atoms with Crippen LogP contribution in [0.25, 0.3) is 11.2 Å². The molecule has 9 heteroatoms. The van der Waals surface area contributed by atoms with E-state index in [1.807, 2.05) is 17.6 Å². The summed E-state index contributed by atoms with van der Waals surface area (Å²) < 4.78 is 2.00. The molecule has 3 aromatic rings. The Labute approximate surface area is 181 Å². The summed E-state index contributed by atoms with van der Waals surface area (Å²) in [7, 11) is 0. The lowest BCUT2D eigenvalue weighted by Crippen LogP contribution is -2.29. The molecule has 1 unspecified atom stereocenters. The fraction of sp³-hybridized carbons (Fsp3) is 0.476. The van der Waals surface area contributed by atoms with Crippen LogP contribution < -0.4 is 16.4 Å². The number of aromatic nitrogens is 4. The molecular formula is C21H30ClN7O. The van der Waals surface area contributed by atoms with Gasteiger partial charge in [-0.15, -0.1) is 0 Å². The van der Waals surface area contributed by atoms with E-state index in [-0.39, 0.29) is 12.1 Å². The summed E-state index contributed by atoms with van der Waals surface area (Å²) in [6.07, 6.45) is 2.33. The van der Waals surface area contributed by atoms with E-state index < -0.39 is 5.60 Å². The van der Waals surface area contributed by atoms with Gasteiger partial charge in [0.15, 0.2) is 17.0 Å².